The number of aromatic nitrogens is 2. The first kappa shape index (κ1) is 18.5. The van der Waals surface area contributed by atoms with Crippen LogP contribution >= 0.6 is 0 Å². The molecule has 1 heterocycles. The van der Waals surface area contributed by atoms with E-state index in [1.54, 1.807) is 30.5 Å². The number of rotatable bonds is 7. The van der Waals surface area contributed by atoms with Crippen molar-refractivity contribution in [3.05, 3.63) is 60.8 Å². The minimum atomic E-state index is -2.71. The van der Waals surface area contributed by atoms with Gasteiger partial charge in [0, 0.05) is 37.4 Å². The molecule has 3 N–H and O–H groups in total. The lowest BCUT2D eigenvalue weighted by atomic mass is 10.2. The minimum Gasteiger partial charge on any atom is -0.388 e. The molecule has 3 rings (SSSR count). The van der Waals surface area contributed by atoms with Crippen LogP contribution in [0.25, 0.3) is 0 Å². The van der Waals surface area contributed by atoms with E-state index in [0.717, 1.165) is 17.2 Å². The van der Waals surface area contributed by atoms with Crippen LogP contribution < -0.4 is 20.3 Å². The highest BCUT2D eigenvalue weighted by molar-refractivity contribution is 7.73. The standard InChI is InChI=1S/C18H20N6O2S/c1-19-13-6-8-16(9-7-13)24(2)17-10-11-20-18(22-17)21-14-4-3-5-15(12-14)23-27(25)26/h3-12,19,27H,1-2H3,(H,20,21,22)(H,23,25,26). The van der Waals surface area contributed by atoms with Crippen molar-refractivity contribution in [2.24, 2.45) is 0 Å². The summed E-state index contributed by atoms with van der Waals surface area (Å²) in [6, 6.07) is 16.7. The zero-order valence-electron chi connectivity index (χ0n) is 14.9. The lowest BCUT2D eigenvalue weighted by molar-refractivity contribution is 0.619. The highest BCUT2D eigenvalue weighted by Gasteiger charge is 2.08. The summed E-state index contributed by atoms with van der Waals surface area (Å²) in [6.07, 6.45) is 1.67. The molecule has 0 radical (unpaired) electrons. The summed E-state index contributed by atoms with van der Waals surface area (Å²) < 4.78 is 24.0. The molecule has 0 fully saturated rings. The third-order valence-corrected chi connectivity index (χ3v) is 4.31. The van der Waals surface area contributed by atoms with Crippen LogP contribution in [0, 0.1) is 0 Å². The second-order valence-electron chi connectivity index (χ2n) is 5.67. The van der Waals surface area contributed by atoms with Crippen molar-refractivity contribution in [1.82, 2.24) is 9.97 Å². The number of nitrogens with one attached hydrogen (secondary N) is 3. The third kappa shape index (κ3) is 4.85. The second kappa shape index (κ2) is 8.37. The predicted molar refractivity (Wildman–Crippen MR) is 110 cm³/mol. The summed E-state index contributed by atoms with van der Waals surface area (Å²) in [4.78, 5) is 10.7. The maximum absolute atomic E-state index is 10.8. The van der Waals surface area contributed by atoms with Gasteiger partial charge in [-0.25, -0.2) is 13.4 Å². The maximum atomic E-state index is 10.8. The molecule has 0 aliphatic heterocycles. The van der Waals surface area contributed by atoms with Crippen molar-refractivity contribution in [3.63, 3.8) is 0 Å². The molecule has 2 aromatic carbocycles. The first-order chi connectivity index (χ1) is 13.0. The van der Waals surface area contributed by atoms with Crippen molar-refractivity contribution < 1.29 is 8.42 Å². The maximum Gasteiger partial charge on any atom is 0.229 e. The van der Waals surface area contributed by atoms with E-state index in [9.17, 15) is 8.42 Å². The first-order valence-corrected chi connectivity index (χ1v) is 9.35. The largest absolute Gasteiger partial charge is 0.388 e. The van der Waals surface area contributed by atoms with Crippen molar-refractivity contribution in [3.8, 4) is 0 Å². The Bertz CT molecular complexity index is 983. The van der Waals surface area contributed by atoms with Gasteiger partial charge in [-0.3, -0.25) is 4.72 Å². The van der Waals surface area contributed by atoms with Gasteiger partial charge < -0.3 is 15.5 Å². The molecule has 0 spiro atoms. The highest BCUT2D eigenvalue weighted by Crippen LogP contribution is 2.25. The SMILES string of the molecule is CNc1ccc(N(C)c2ccnc(Nc3cccc(N[SH](=O)=O)c3)n2)cc1. The summed E-state index contributed by atoms with van der Waals surface area (Å²) in [6.45, 7) is 0. The van der Waals surface area contributed by atoms with Gasteiger partial charge in [-0.1, -0.05) is 6.07 Å². The molecule has 0 bridgehead atoms. The van der Waals surface area contributed by atoms with Crippen molar-refractivity contribution >= 4 is 45.4 Å². The molecule has 0 unspecified atom stereocenters. The average Bonchev–Trinajstić information content (AvgIpc) is 2.67. The molecule has 0 aliphatic rings. The van der Waals surface area contributed by atoms with Gasteiger partial charge in [0.25, 0.3) is 0 Å². The Morgan fingerprint density at radius 3 is 2.41 bits per heavy atom. The van der Waals surface area contributed by atoms with Crippen LogP contribution in [0.4, 0.5) is 34.5 Å². The van der Waals surface area contributed by atoms with E-state index in [2.05, 4.69) is 25.3 Å². The Morgan fingerprint density at radius 1 is 0.963 bits per heavy atom. The smallest absolute Gasteiger partial charge is 0.229 e. The quantitative estimate of drug-likeness (QED) is 0.465. The van der Waals surface area contributed by atoms with E-state index >= 15 is 0 Å². The number of benzene rings is 2. The van der Waals surface area contributed by atoms with Crippen LogP contribution in [-0.2, 0) is 10.9 Å². The van der Waals surface area contributed by atoms with Gasteiger partial charge in [0.2, 0.25) is 16.8 Å². The third-order valence-electron chi connectivity index (χ3n) is 3.87. The van der Waals surface area contributed by atoms with E-state index in [1.807, 2.05) is 49.3 Å². The van der Waals surface area contributed by atoms with Crippen LogP contribution in [0.15, 0.2) is 60.8 Å². The van der Waals surface area contributed by atoms with E-state index in [4.69, 9.17) is 0 Å². The summed E-state index contributed by atoms with van der Waals surface area (Å²) >= 11 is 0. The summed E-state index contributed by atoms with van der Waals surface area (Å²) in [5, 5.41) is 6.18. The fourth-order valence-electron chi connectivity index (χ4n) is 2.48. The molecule has 0 saturated heterocycles. The van der Waals surface area contributed by atoms with Gasteiger partial charge in [0.05, 0.1) is 5.69 Å². The molecule has 3 aromatic rings. The molecule has 0 aliphatic carbocycles. The Balaban J connectivity index is 1.78. The van der Waals surface area contributed by atoms with Gasteiger partial charge in [0.15, 0.2) is 0 Å². The van der Waals surface area contributed by atoms with E-state index < -0.39 is 10.9 Å². The van der Waals surface area contributed by atoms with E-state index in [1.165, 1.54) is 0 Å². The van der Waals surface area contributed by atoms with Crippen LogP contribution in [0.1, 0.15) is 0 Å². The van der Waals surface area contributed by atoms with Gasteiger partial charge >= 0.3 is 0 Å². The molecule has 1 aromatic heterocycles. The van der Waals surface area contributed by atoms with Crippen LogP contribution in [-0.4, -0.2) is 32.5 Å². The Labute approximate surface area is 159 Å². The summed E-state index contributed by atoms with van der Waals surface area (Å²) in [7, 11) is 1.09. The second-order valence-corrected chi connectivity index (χ2v) is 6.41. The highest BCUT2D eigenvalue weighted by atomic mass is 32.2. The minimum absolute atomic E-state index is 0.412. The van der Waals surface area contributed by atoms with Gasteiger partial charge in [0.1, 0.15) is 5.82 Å². The number of hydrogen-bond acceptors (Lipinski definition) is 7. The monoisotopic (exact) mass is 384 g/mol. The number of hydrogen-bond donors (Lipinski definition) is 4. The van der Waals surface area contributed by atoms with Crippen molar-refractivity contribution in [2.75, 3.05) is 34.4 Å². The Morgan fingerprint density at radius 2 is 1.70 bits per heavy atom. The molecular formula is C18H20N6O2S. The molecular weight excluding hydrogens is 364 g/mol. The molecule has 27 heavy (non-hydrogen) atoms. The topological polar surface area (TPSA) is 99.2 Å². The average molecular weight is 384 g/mol. The van der Waals surface area contributed by atoms with Crippen LogP contribution in [0.3, 0.4) is 0 Å². The van der Waals surface area contributed by atoms with Crippen LogP contribution in [0.5, 0.6) is 0 Å². The first-order valence-electron chi connectivity index (χ1n) is 8.18. The fraction of sp³-hybridized carbons (Fsp3) is 0.111. The molecule has 9 heteroatoms. The molecule has 0 atom stereocenters. The van der Waals surface area contributed by atoms with Gasteiger partial charge in [-0.15, -0.1) is 0 Å². The fourth-order valence-corrected chi connectivity index (χ4v) is 2.83. The van der Waals surface area contributed by atoms with Crippen molar-refractivity contribution in [1.29, 1.82) is 0 Å². The number of nitrogens with zero attached hydrogens (tertiary/aromatic N) is 3. The molecule has 8 nitrogen and oxygen atoms in total. The van der Waals surface area contributed by atoms with Gasteiger partial charge in [-0.2, -0.15) is 4.98 Å². The number of anilines is 6. The van der Waals surface area contributed by atoms with E-state index in [-0.39, 0.29) is 0 Å². The molecule has 0 saturated carbocycles. The van der Waals surface area contributed by atoms with Crippen LogP contribution in [0.2, 0.25) is 0 Å². The predicted octanol–water partition coefficient (Wildman–Crippen LogP) is 2.97. The molecule has 140 valence electrons. The Kier molecular flexibility index (Phi) is 5.72. The number of thiol groups is 1. The zero-order valence-corrected chi connectivity index (χ0v) is 15.8. The molecule has 0 amide bonds. The van der Waals surface area contributed by atoms with Crippen molar-refractivity contribution in [2.45, 2.75) is 0 Å². The zero-order chi connectivity index (χ0) is 19.2. The summed E-state index contributed by atoms with van der Waals surface area (Å²) in [5.41, 5.74) is 3.17. The van der Waals surface area contributed by atoms with Gasteiger partial charge in [-0.05, 0) is 48.5 Å². The Hall–Kier alpha value is -3.33. The lowest BCUT2D eigenvalue weighted by Gasteiger charge is -2.19. The lowest BCUT2D eigenvalue weighted by Crippen LogP contribution is -2.12. The van der Waals surface area contributed by atoms with E-state index in [0.29, 0.717) is 17.3 Å². The summed E-state index contributed by atoms with van der Waals surface area (Å²) in [5.74, 6) is 1.14. The normalized spacial score (nSPS) is 10.5.